The van der Waals surface area contributed by atoms with E-state index in [0.717, 1.165) is 9.35 Å². The zero-order chi connectivity index (χ0) is 15.6. The van der Waals surface area contributed by atoms with Crippen LogP contribution in [0.4, 0.5) is 4.79 Å². The maximum atomic E-state index is 12.2. The summed E-state index contributed by atoms with van der Waals surface area (Å²) in [5.74, 6) is -0.809. The molecule has 116 valence electrons. The summed E-state index contributed by atoms with van der Waals surface area (Å²) in [4.78, 5) is 26.4. The minimum absolute atomic E-state index is 0.000973. The van der Waals surface area contributed by atoms with E-state index < -0.39 is 11.4 Å². The van der Waals surface area contributed by atoms with Gasteiger partial charge >= 0.3 is 12.0 Å². The van der Waals surface area contributed by atoms with Crippen molar-refractivity contribution in [1.29, 1.82) is 0 Å². The van der Waals surface area contributed by atoms with Crippen molar-refractivity contribution in [3.8, 4) is 0 Å². The van der Waals surface area contributed by atoms with E-state index in [9.17, 15) is 14.7 Å². The molecule has 1 fully saturated rings. The van der Waals surface area contributed by atoms with Crippen LogP contribution in [0.2, 0.25) is 0 Å². The Morgan fingerprint density at radius 3 is 2.76 bits per heavy atom. The Morgan fingerprint density at radius 1 is 1.57 bits per heavy atom. The standard InChI is InChI=1S/C14H19BrN2O3S/c1-9(2)14(12(18)19)3-4-17(8-14)13(20)16-6-11-5-10(15)7-21-11/h5,7,9H,3-4,6,8H2,1-2H3,(H,16,20)(H,18,19). The van der Waals surface area contributed by atoms with Crippen molar-refractivity contribution in [1.82, 2.24) is 10.2 Å². The SMILES string of the molecule is CC(C)C1(C(=O)O)CCN(C(=O)NCc2cc(Br)cs2)C1. The number of likely N-dealkylation sites (tertiary alicyclic amines) is 1. The van der Waals surface area contributed by atoms with E-state index in [1.807, 2.05) is 25.3 Å². The van der Waals surface area contributed by atoms with Crippen LogP contribution in [0.3, 0.4) is 0 Å². The Kier molecular flexibility index (Phi) is 4.93. The summed E-state index contributed by atoms with van der Waals surface area (Å²) in [6.45, 7) is 5.04. The molecule has 2 heterocycles. The van der Waals surface area contributed by atoms with E-state index in [1.54, 1.807) is 16.2 Å². The largest absolute Gasteiger partial charge is 0.481 e. The third kappa shape index (κ3) is 3.40. The van der Waals surface area contributed by atoms with Gasteiger partial charge in [-0.3, -0.25) is 4.79 Å². The number of carboxylic acids is 1. The molecule has 0 aliphatic carbocycles. The molecule has 1 aromatic rings. The lowest BCUT2D eigenvalue weighted by atomic mass is 9.76. The highest BCUT2D eigenvalue weighted by Crippen LogP contribution is 2.38. The van der Waals surface area contributed by atoms with Crippen molar-refractivity contribution in [3.63, 3.8) is 0 Å². The summed E-state index contributed by atoms with van der Waals surface area (Å²) in [6.07, 6.45) is 0.512. The van der Waals surface area contributed by atoms with Crippen molar-refractivity contribution < 1.29 is 14.7 Å². The molecule has 0 spiro atoms. The molecule has 1 atom stereocenters. The predicted octanol–water partition coefficient (Wildman–Crippen LogP) is 3.15. The fraction of sp³-hybridized carbons (Fsp3) is 0.571. The first-order chi connectivity index (χ1) is 9.85. The molecule has 21 heavy (non-hydrogen) atoms. The molecule has 0 saturated carbocycles. The number of aliphatic carboxylic acids is 1. The van der Waals surface area contributed by atoms with Gasteiger partial charge in [-0.05, 0) is 34.3 Å². The van der Waals surface area contributed by atoms with Crippen LogP contribution in [-0.2, 0) is 11.3 Å². The van der Waals surface area contributed by atoms with Gasteiger partial charge in [-0.1, -0.05) is 13.8 Å². The molecule has 1 unspecified atom stereocenters. The van der Waals surface area contributed by atoms with E-state index >= 15 is 0 Å². The molecule has 1 saturated heterocycles. The number of amides is 2. The molecule has 2 rings (SSSR count). The van der Waals surface area contributed by atoms with Crippen molar-refractivity contribution >= 4 is 39.3 Å². The van der Waals surface area contributed by atoms with Crippen LogP contribution in [0, 0.1) is 11.3 Å². The molecule has 1 aromatic heterocycles. The lowest BCUT2D eigenvalue weighted by molar-refractivity contribution is -0.150. The number of thiophene rings is 1. The summed E-state index contributed by atoms with van der Waals surface area (Å²) in [5.41, 5.74) is -0.816. The fourth-order valence-electron chi connectivity index (χ4n) is 2.62. The van der Waals surface area contributed by atoms with Crippen molar-refractivity contribution in [2.24, 2.45) is 11.3 Å². The van der Waals surface area contributed by atoms with E-state index in [1.165, 1.54) is 0 Å². The quantitative estimate of drug-likeness (QED) is 0.850. The number of carbonyl (C=O) groups excluding carboxylic acids is 1. The zero-order valence-corrected chi connectivity index (χ0v) is 14.5. The van der Waals surface area contributed by atoms with Gasteiger partial charge in [0.25, 0.3) is 0 Å². The molecule has 1 aliphatic heterocycles. The molecular formula is C14H19BrN2O3S. The monoisotopic (exact) mass is 374 g/mol. The molecule has 0 radical (unpaired) electrons. The van der Waals surface area contributed by atoms with Crippen LogP contribution in [0.5, 0.6) is 0 Å². The lowest BCUT2D eigenvalue weighted by Crippen LogP contribution is -2.43. The first-order valence-electron chi connectivity index (χ1n) is 6.84. The lowest BCUT2D eigenvalue weighted by Gasteiger charge is -2.28. The van der Waals surface area contributed by atoms with Crippen LogP contribution >= 0.6 is 27.3 Å². The van der Waals surface area contributed by atoms with Crippen molar-refractivity contribution in [2.75, 3.05) is 13.1 Å². The first-order valence-corrected chi connectivity index (χ1v) is 8.51. The van der Waals surface area contributed by atoms with Gasteiger partial charge < -0.3 is 15.3 Å². The highest BCUT2D eigenvalue weighted by molar-refractivity contribution is 9.10. The van der Waals surface area contributed by atoms with Gasteiger partial charge in [-0.25, -0.2) is 4.79 Å². The average molecular weight is 375 g/mol. The van der Waals surface area contributed by atoms with Crippen molar-refractivity contribution in [2.45, 2.75) is 26.8 Å². The summed E-state index contributed by atoms with van der Waals surface area (Å²) in [5, 5.41) is 14.3. The minimum atomic E-state index is -0.816. The van der Waals surface area contributed by atoms with Crippen LogP contribution < -0.4 is 5.32 Å². The van der Waals surface area contributed by atoms with Crippen molar-refractivity contribution in [3.05, 3.63) is 20.8 Å². The predicted molar refractivity (Wildman–Crippen MR) is 85.4 cm³/mol. The maximum Gasteiger partial charge on any atom is 0.317 e. The second kappa shape index (κ2) is 6.36. The number of halogens is 1. The van der Waals surface area contributed by atoms with Gasteiger partial charge in [-0.2, -0.15) is 0 Å². The number of hydrogen-bond donors (Lipinski definition) is 2. The Bertz CT molecular complexity index is 546. The molecule has 2 N–H and O–H groups in total. The second-order valence-corrected chi connectivity index (χ2v) is 7.59. The fourth-order valence-corrected chi connectivity index (χ4v) is 4.01. The summed E-state index contributed by atoms with van der Waals surface area (Å²) < 4.78 is 1.00. The molecule has 2 amide bonds. The summed E-state index contributed by atoms with van der Waals surface area (Å²) in [7, 11) is 0. The highest BCUT2D eigenvalue weighted by atomic mass is 79.9. The molecular weight excluding hydrogens is 356 g/mol. The normalized spacial score (nSPS) is 21.8. The third-order valence-electron chi connectivity index (χ3n) is 4.15. The number of hydrogen-bond acceptors (Lipinski definition) is 3. The van der Waals surface area contributed by atoms with Crippen LogP contribution in [0.25, 0.3) is 0 Å². The molecule has 5 nitrogen and oxygen atoms in total. The Hall–Kier alpha value is -1.08. The number of nitrogens with one attached hydrogen (secondary N) is 1. The van der Waals surface area contributed by atoms with E-state index in [2.05, 4.69) is 21.2 Å². The van der Waals surface area contributed by atoms with Crippen LogP contribution in [0.15, 0.2) is 15.9 Å². The third-order valence-corrected chi connectivity index (χ3v) is 5.85. The smallest absolute Gasteiger partial charge is 0.317 e. The van der Waals surface area contributed by atoms with Crippen LogP contribution in [0.1, 0.15) is 25.1 Å². The maximum absolute atomic E-state index is 12.2. The second-order valence-electron chi connectivity index (χ2n) is 5.68. The molecule has 7 heteroatoms. The Labute approximate surface area is 136 Å². The Balaban J connectivity index is 1.94. The first kappa shape index (κ1) is 16.3. The van der Waals surface area contributed by atoms with Gasteiger partial charge in [0.05, 0.1) is 12.0 Å². The summed E-state index contributed by atoms with van der Waals surface area (Å²) >= 11 is 4.94. The van der Waals surface area contributed by atoms with Gasteiger partial charge in [0.2, 0.25) is 0 Å². The molecule has 0 aromatic carbocycles. The van der Waals surface area contributed by atoms with E-state index in [4.69, 9.17) is 0 Å². The van der Waals surface area contributed by atoms with Gasteiger partial charge in [0.15, 0.2) is 0 Å². The number of carboxylic acid groups (broad SMARTS) is 1. The molecule has 1 aliphatic rings. The number of urea groups is 1. The molecule has 0 bridgehead atoms. The zero-order valence-electron chi connectivity index (χ0n) is 12.1. The van der Waals surface area contributed by atoms with Crippen LogP contribution in [-0.4, -0.2) is 35.1 Å². The average Bonchev–Trinajstić information content (AvgIpc) is 3.03. The number of nitrogens with zero attached hydrogens (tertiary/aromatic N) is 1. The summed E-state index contributed by atoms with van der Waals surface area (Å²) in [6, 6.07) is 1.77. The number of rotatable bonds is 4. The minimum Gasteiger partial charge on any atom is -0.481 e. The van der Waals surface area contributed by atoms with E-state index in [0.29, 0.717) is 19.5 Å². The number of carbonyl (C=O) groups is 2. The highest BCUT2D eigenvalue weighted by Gasteiger charge is 2.48. The topological polar surface area (TPSA) is 69.6 Å². The van der Waals surface area contributed by atoms with Gasteiger partial charge in [-0.15, -0.1) is 11.3 Å². The Morgan fingerprint density at radius 2 is 2.29 bits per heavy atom. The van der Waals surface area contributed by atoms with Gasteiger partial charge in [0.1, 0.15) is 0 Å². The van der Waals surface area contributed by atoms with Gasteiger partial charge in [0, 0.05) is 27.8 Å². The van der Waals surface area contributed by atoms with E-state index in [-0.39, 0.29) is 18.5 Å².